The topological polar surface area (TPSA) is 66.4 Å². The fourth-order valence-corrected chi connectivity index (χ4v) is 4.30. The van der Waals surface area contributed by atoms with Crippen molar-refractivity contribution in [3.05, 3.63) is 78.4 Å². The zero-order valence-corrected chi connectivity index (χ0v) is 18.7. The summed E-state index contributed by atoms with van der Waals surface area (Å²) in [6.45, 7) is 3.96. The monoisotopic (exact) mass is 442 g/mol. The van der Waals surface area contributed by atoms with Crippen LogP contribution in [0.1, 0.15) is 12.5 Å². The first-order valence-electron chi connectivity index (χ1n) is 11.0. The zero-order valence-electron chi connectivity index (χ0n) is 18.7. The highest BCUT2D eigenvalue weighted by atomic mass is 16.5. The van der Waals surface area contributed by atoms with Gasteiger partial charge in [0.05, 0.1) is 18.4 Å². The van der Waals surface area contributed by atoms with Gasteiger partial charge in [0.15, 0.2) is 5.75 Å². The quantitative estimate of drug-likeness (QED) is 0.598. The van der Waals surface area contributed by atoms with Crippen LogP contribution in [0.25, 0.3) is 0 Å². The Morgan fingerprint density at radius 1 is 1.00 bits per heavy atom. The molecule has 1 saturated heterocycles. The summed E-state index contributed by atoms with van der Waals surface area (Å²) in [5.41, 5.74) is 2.41. The number of hydrogen-bond acceptors (Lipinski definition) is 5. The molecule has 33 heavy (non-hydrogen) atoms. The lowest BCUT2D eigenvalue weighted by Gasteiger charge is -2.41. The van der Waals surface area contributed by atoms with E-state index in [1.165, 1.54) is 0 Å². The van der Waals surface area contributed by atoms with Gasteiger partial charge in [-0.15, -0.1) is 0 Å². The fourth-order valence-electron chi connectivity index (χ4n) is 4.30. The second kappa shape index (κ2) is 8.86. The van der Waals surface area contributed by atoms with Gasteiger partial charge in [-0.25, -0.2) is 9.79 Å². The Morgan fingerprint density at radius 3 is 2.55 bits per heavy atom. The van der Waals surface area contributed by atoms with Crippen molar-refractivity contribution in [2.45, 2.75) is 13.0 Å². The molecule has 2 aliphatic heterocycles. The molecule has 0 spiro atoms. The summed E-state index contributed by atoms with van der Waals surface area (Å²) in [6.07, 6.45) is 0. The van der Waals surface area contributed by atoms with Gasteiger partial charge >= 0.3 is 6.03 Å². The van der Waals surface area contributed by atoms with Gasteiger partial charge in [-0.2, -0.15) is 0 Å². The van der Waals surface area contributed by atoms with Gasteiger partial charge in [0.2, 0.25) is 0 Å². The van der Waals surface area contributed by atoms with Crippen LogP contribution in [0.15, 0.2) is 77.8 Å². The summed E-state index contributed by atoms with van der Waals surface area (Å²) >= 11 is 0. The fraction of sp³-hybridized carbons (Fsp3) is 0.231. The zero-order chi connectivity index (χ0) is 22.8. The number of amides is 2. The van der Waals surface area contributed by atoms with Crippen molar-refractivity contribution in [3.8, 4) is 17.2 Å². The van der Waals surface area contributed by atoms with E-state index in [1.54, 1.807) is 7.11 Å². The standard InChI is InChI=1S/C26H26N4O3/c1-18-17-29(15-16-30(18)26(31)28-20-10-4-7-13-23(20)32-2)25-19-9-3-6-12-22(19)33-24-14-8-5-11-21(24)27-25/h3-14,18H,15-17H2,1-2H3,(H,28,31). The number of nitrogens with one attached hydrogen (secondary N) is 1. The number of rotatable bonds is 2. The van der Waals surface area contributed by atoms with Crippen molar-refractivity contribution < 1.29 is 14.3 Å². The first-order chi connectivity index (χ1) is 16.1. The molecule has 3 aromatic rings. The molecule has 0 aliphatic carbocycles. The molecule has 0 saturated carbocycles. The van der Waals surface area contributed by atoms with Gasteiger partial charge in [0.1, 0.15) is 23.0 Å². The number of piperazine rings is 1. The molecule has 3 aromatic carbocycles. The number of ether oxygens (including phenoxy) is 2. The number of nitrogens with zero attached hydrogens (tertiary/aromatic N) is 3. The Labute approximate surface area is 193 Å². The third-order valence-electron chi connectivity index (χ3n) is 5.98. The van der Waals surface area contributed by atoms with Crippen LogP contribution in [-0.2, 0) is 0 Å². The average Bonchev–Trinajstić information content (AvgIpc) is 3.01. The van der Waals surface area contributed by atoms with E-state index in [2.05, 4.69) is 17.1 Å². The molecular formula is C26H26N4O3. The molecule has 0 radical (unpaired) electrons. The number of carbonyl (C=O) groups excluding carboxylic acids is 1. The molecule has 2 heterocycles. The molecule has 2 aliphatic rings. The maximum Gasteiger partial charge on any atom is 0.322 e. The third-order valence-corrected chi connectivity index (χ3v) is 5.98. The minimum absolute atomic E-state index is 0.0114. The number of hydrogen-bond donors (Lipinski definition) is 1. The lowest BCUT2D eigenvalue weighted by molar-refractivity contribution is 0.145. The number of para-hydroxylation sites is 5. The van der Waals surface area contributed by atoms with Gasteiger partial charge in [-0.05, 0) is 43.3 Å². The number of carbonyl (C=O) groups is 1. The summed E-state index contributed by atoms with van der Waals surface area (Å²) in [7, 11) is 1.60. The molecule has 1 fully saturated rings. The number of amidine groups is 1. The number of fused-ring (bicyclic) bond motifs is 2. The van der Waals surface area contributed by atoms with E-state index >= 15 is 0 Å². The summed E-state index contributed by atoms with van der Waals surface area (Å²) in [4.78, 5) is 22.1. The van der Waals surface area contributed by atoms with Gasteiger partial charge in [-0.3, -0.25) is 0 Å². The summed E-state index contributed by atoms with van der Waals surface area (Å²) < 4.78 is 11.5. The maximum absolute atomic E-state index is 13.0. The average molecular weight is 443 g/mol. The van der Waals surface area contributed by atoms with Crippen LogP contribution in [0.5, 0.6) is 17.2 Å². The molecule has 0 aromatic heterocycles. The number of anilines is 1. The molecule has 0 bridgehead atoms. The highest BCUT2D eigenvalue weighted by Gasteiger charge is 2.31. The smallest absolute Gasteiger partial charge is 0.322 e. The van der Waals surface area contributed by atoms with E-state index in [4.69, 9.17) is 14.5 Å². The first kappa shape index (κ1) is 20.9. The number of methoxy groups -OCH3 is 1. The molecule has 1 atom stereocenters. The predicted molar refractivity (Wildman–Crippen MR) is 129 cm³/mol. The van der Waals surface area contributed by atoms with Crippen LogP contribution in [0.4, 0.5) is 16.2 Å². The van der Waals surface area contributed by atoms with E-state index in [0.717, 1.165) is 28.6 Å². The van der Waals surface area contributed by atoms with E-state index in [9.17, 15) is 4.79 Å². The Hall–Kier alpha value is -4.00. The predicted octanol–water partition coefficient (Wildman–Crippen LogP) is 5.12. The molecule has 1 unspecified atom stereocenters. The molecule has 7 nitrogen and oxygen atoms in total. The number of benzene rings is 3. The van der Waals surface area contributed by atoms with Crippen LogP contribution >= 0.6 is 0 Å². The van der Waals surface area contributed by atoms with Crippen LogP contribution in [0, 0.1) is 0 Å². The minimum Gasteiger partial charge on any atom is -0.495 e. The molecular weight excluding hydrogens is 416 g/mol. The molecule has 7 heteroatoms. The molecule has 168 valence electrons. The van der Waals surface area contributed by atoms with Gasteiger partial charge in [0, 0.05) is 25.7 Å². The van der Waals surface area contributed by atoms with Gasteiger partial charge in [0.25, 0.3) is 0 Å². The van der Waals surface area contributed by atoms with E-state index in [0.29, 0.717) is 31.1 Å². The van der Waals surface area contributed by atoms with Crippen LogP contribution in [0.3, 0.4) is 0 Å². The SMILES string of the molecule is COc1ccccc1NC(=O)N1CCN(C2=Nc3ccccc3Oc3ccccc32)CC1C. The molecule has 1 N–H and O–H groups in total. The summed E-state index contributed by atoms with van der Waals surface area (Å²) in [6, 6.07) is 23.0. The largest absolute Gasteiger partial charge is 0.495 e. The highest BCUT2D eigenvalue weighted by Crippen LogP contribution is 2.38. The van der Waals surface area contributed by atoms with E-state index in [-0.39, 0.29) is 12.1 Å². The van der Waals surface area contributed by atoms with Crippen molar-refractivity contribution in [2.75, 3.05) is 32.1 Å². The second-order valence-electron chi connectivity index (χ2n) is 8.12. The van der Waals surface area contributed by atoms with Crippen LogP contribution in [0.2, 0.25) is 0 Å². The lowest BCUT2D eigenvalue weighted by Crippen LogP contribution is -2.56. The van der Waals surface area contributed by atoms with Crippen molar-refractivity contribution in [1.82, 2.24) is 9.80 Å². The minimum atomic E-state index is -0.136. The van der Waals surface area contributed by atoms with E-state index < -0.39 is 0 Å². The Bertz CT molecular complexity index is 1210. The second-order valence-corrected chi connectivity index (χ2v) is 8.12. The van der Waals surface area contributed by atoms with Crippen molar-refractivity contribution in [2.24, 2.45) is 4.99 Å². The number of aliphatic imine (C=N–C) groups is 1. The Kier molecular flexibility index (Phi) is 5.60. The Morgan fingerprint density at radius 2 is 1.73 bits per heavy atom. The van der Waals surface area contributed by atoms with Crippen LogP contribution < -0.4 is 14.8 Å². The van der Waals surface area contributed by atoms with Crippen molar-refractivity contribution in [3.63, 3.8) is 0 Å². The van der Waals surface area contributed by atoms with Gasteiger partial charge < -0.3 is 24.6 Å². The van der Waals surface area contributed by atoms with Crippen molar-refractivity contribution >= 4 is 23.2 Å². The molecule has 5 rings (SSSR count). The maximum atomic E-state index is 13.0. The third kappa shape index (κ3) is 4.09. The highest BCUT2D eigenvalue weighted by molar-refractivity contribution is 6.04. The molecule has 2 amide bonds. The van der Waals surface area contributed by atoms with E-state index in [1.807, 2.05) is 77.7 Å². The van der Waals surface area contributed by atoms with Crippen LogP contribution in [-0.4, -0.2) is 54.5 Å². The Balaban J connectivity index is 1.37. The lowest BCUT2D eigenvalue weighted by atomic mass is 10.1. The van der Waals surface area contributed by atoms with Crippen molar-refractivity contribution in [1.29, 1.82) is 0 Å². The summed E-state index contributed by atoms with van der Waals surface area (Å²) in [5, 5.41) is 2.99. The van der Waals surface area contributed by atoms with Gasteiger partial charge in [-0.1, -0.05) is 36.4 Å². The number of urea groups is 1. The first-order valence-corrected chi connectivity index (χ1v) is 11.0. The normalized spacial score (nSPS) is 17.2. The summed E-state index contributed by atoms with van der Waals surface area (Å²) in [5.74, 6) is 3.03.